The lowest BCUT2D eigenvalue weighted by molar-refractivity contribution is -0.146. The van der Waals surface area contributed by atoms with Gasteiger partial charge >= 0.3 is 0 Å². The number of anilines is 2. The van der Waals surface area contributed by atoms with E-state index in [9.17, 15) is 19.8 Å². The summed E-state index contributed by atoms with van der Waals surface area (Å²) in [4.78, 5) is 27.6. The minimum Gasteiger partial charge on any atom is -0.497 e. The molecule has 0 radical (unpaired) electrons. The Kier molecular flexibility index (Phi) is 7.49. The highest BCUT2D eigenvalue weighted by molar-refractivity contribution is 6.72. The Balaban J connectivity index is 1.71. The molecule has 2 aliphatic heterocycles. The number of aliphatic hydroxyl groups excluding tert-OH is 2. The van der Waals surface area contributed by atoms with Crippen LogP contribution >= 0.6 is 0 Å². The molecular formula is C27H35FN2O6Si. The molecule has 200 valence electrons. The highest BCUT2D eigenvalue weighted by Crippen LogP contribution is 2.60. The minimum absolute atomic E-state index is 0.157. The number of hydrogen-bond acceptors (Lipinski definition) is 6. The van der Waals surface area contributed by atoms with Crippen LogP contribution in [0.15, 0.2) is 42.5 Å². The van der Waals surface area contributed by atoms with E-state index in [4.69, 9.17) is 9.47 Å². The number of carbonyl (C=O) groups excluding carboxylic acids is 2. The van der Waals surface area contributed by atoms with Gasteiger partial charge in [-0.1, -0.05) is 19.1 Å². The van der Waals surface area contributed by atoms with Crippen molar-refractivity contribution in [3.8, 4) is 5.75 Å². The van der Waals surface area contributed by atoms with Gasteiger partial charge in [0, 0.05) is 29.3 Å². The molecule has 8 nitrogen and oxygen atoms in total. The Morgan fingerprint density at radius 1 is 1.27 bits per heavy atom. The van der Waals surface area contributed by atoms with Crippen LogP contribution in [0.1, 0.15) is 31.4 Å². The number of nitrogens with one attached hydrogen (secondary N) is 1. The number of rotatable bonds is 8. The van der Waals surface area contributed by atoms with Crippen molar-refractivity contribution < 1.29 is 33.4 Å². The van der Waals surface area contributed by atoms with Crippen LogP contribution in [0.5, 0.6) is 5.75 Å². The monoisotopic (exact) mass is 530 g/mol. The molecule has 1 fully saturated rings. The summed E-state index contributed by atoms with van der Waals surface area (Å²) < 4.78 is 27.6. The first-order valence-electron chi connectivity index (χ1n) is 12.5. The average Bonchev–Trinajstić information content (AvgIpc) is 3.27. The lowest BCUT2D eigenvalue weighted by Gasteiger charge is -2.31. The predicted molar refractivity (Wildman–Crippen MR) is 141 cm³/mol. The van der Waals surface area contributed by atoms with Gasteiger partial charge in [-0.25, -0.2) is 0 Å². The number of fused-ring (bicyclic) bond motifs is 2. The van der Waals surface area contributed by atoms with Crippen LogP contribution in [0.4, 0.5) is 15.5 Å². The second kappa shape index (κ2) is 10.2. The average molecular weight is 531 g/mol. The summed E-state index contributed by atoms with van der Waals surface area (Å²) in [7, 11) is -1.72. The van der Waals surface area contributed by atoms with Gasteiger partial charge in [0.1, 0.15) is 11.9 Å². The third-order valence-electron chi connectivity index (χ3n) is 7.52. The largest absolute Gasteiger partial charge is 0.497 e. The van der Waals surface area contributed by atoms with E-state index in [1.807, 2.05) is 13.0 Å². The number of methoxy groups -OCH3 is 1. The number of aliphatic hydroxyl groups is 2. The van der Waals surface area contributed by atoms with Crippen molar-refractivity contribution in [2.75, 3.05) is 23.9 Å². The summed E-state index contributed by atoms with van der Waals surface area (Å²) in [5.41, 5.74) is 0.813. The molecule has 5 atom stereocenters. The number of nitrogens with zero attached hydrogens (tertiary/aromatic N) is 1. The van der Waals surface area contributed by atoms with E-state index in [-0.39, 0.29) is 25.5 Å². The molecule has 0 bridgehead atoms. The zero-order valence-electron chi connectivity index (χ0n) is 21.8. The minimum atomic E-state index is -3.27. The molecule has 2 aromatic rings. The fourth-order valence-corrected chi connectivity index (χ4v) is 8.37. The van der Waals surface area contributed by atoms with Crippen molar-refractivity contribution in [1.82, 2.24) is 0 Å². The lowest BCUT2D eigenvalue weighted by Crippen LogP contribution is -2.45. The van der Waals surface area contributed by atoms with Crippen molar-refractivity contribution in [1.29, 1.82) is 0 Å². The number of amides is 2. The highest BCUT2D eigenvalue weighted by atomic mass is 28.4. The van der Waals surface area contributed by atoms with Crippen LogP contribution in [0.3, 0.4) is 0 Å². The Morgan fingerprint density at radius 2 is 1.95 bits per heavy atom. The molecule has 0 aliphatic carbocycles. The highest BCUT2D eigenvalue weighted by Gasteiger charge is 2.66. The first kappa shape index (κ1) is 27.2. The van der Waals surface area contributed by atoms with Gasteiger partial charge < -0.3 is 34.0 Å². The number of ether oxygens (including phenoxy) is 2. The molecule has 2 aromatic carbocycles. The summed E-state index contributed by atoms with van der Waals surface area (Å²) in [6.07, 6.45) is -1.45. The van der Waals surface area contributed by atoms with Crippen LogP contribution in [-0.4, -0.2) is 56.4 Å². The molecule has 4 rings (SSSR count). The Morgan fingerprint density at radius 3 is 2.51 bits per heavy atom. The molecule has 3 N–H and O–H groups in total. The summed E-state index contributed by atoms with van der Waals surface area (Å²) in [5, 5.41) is 21.7. The van der Waals surface area contributed by atoms with E-state index in [1.54, 1.807) is 61.5 Å². The van der Waals surface area contributed by atoms with E-state index < -0.39 is 43.6 Å². The van der Waals surface area contributed by atoms with Gasteiger partial charge in [-0.05, 0) is 62.3 Å². The zero-order chi connectivity index (χ0) is 27.1. The molecule has 10 heteroatoms. The third-order valence-corrected chi connectivity index (χ3v) is 9.98. The molecule has 2 amide bonds. The first-order chi connectivity index (χ1) is 17.4. The van der Waals surface area contributed by atoms with E-state index >= 15 is 4.11 Å². The molecule has 0 unspecified atom stereocenters. The van der Waals surface area contributed by atoms with Crippen molar-refractivity contribution in [2.45, 2.75) is 63.3 Å². The third kappa shape index (κ3) is 4.79. The fraction of sp³-hybridized carbons (Fsp3) is 0.481. The van der Waals surface area contributed by atoms with Crippen molar-refractivity contribution in [3.63, 3.8) is 0 Å². The Labute approximate surface area is 217 Å². The number of carbonyl (C=O) groups is 2. The molecule has 1 saturated heterocycles. The number of hydrogen-bond donors (Lipinski definition) is 3. The van der Waals surface area contributed by atoms with Gasteiger partial charge in [-0.3, -0.25) is 9.59 Å². The molecule has 37 heavy (non-hydrogen) atoms. The van der Waals surface area contributed by atoms with Gasteiger partial charge in [-0.2, -0.15) is 0 Å². The van der Waals surface area contributed by atoms with E-state index in [2.05, 4.69) is 5.32 Å². The van der Waals surface area contributed by atoms with Crippen LogP contribution in [0.25, 0.3) is 0 Å². The first-order valence-corrected chi connectivity index (χ1v) is 15.5. The van der Waals surface area contributed by atoms with Crippen molar-refractivity contribution in [2.24, 2.45) is 5.92 Å². The van der Waals surface area contributed by atoms with Gasteiger partial charge in [0.05, 0.1) is 25.4 Å². The topological polar surface area (TPSA) is 108 Å². The van der Waals surface area contributed by atoms with Gasteiger partial charge in [0.2, 0.25) is 8.41 Å². The molecule has 1 spiro atoms. The van der Waals surface area contributed by atoms with Gasteiger partial charge in [0.25, 0.3) is 11.8 Å². The Bertz CT molecular complexity index is 1170. The normalized spacial score (nSPS) is 25.9. The van der Waals surface area contributed by atoms with Crippen LogP contribution < -0.4 is 15.0 Å². The number of halogens is 1. The summed E-state index contributed by atoms with van der Waals surface area (Å²) >= 11 is 0. The quantitative estimate of drug-likeness (QED) is 0.355. The maximum absolute atomic E-state index is 15.6. The van der Waals surface area contributed by atoms with Gasteiger partial charge in [0.15, 0.2) is 5.60 Å². The molecular weight excluding hydrogens is 495 g/mol. The second-order valence-corrected chi connectivity index (χ2v) is 14.2. The molecule has 0 aromatic heterocycles. The molecule has 2 aliphatic rings. The van der Waals surface area contributed by atoms with Gasteiger partial charge in [-0.15, -0.1) is 0 Å². The van der Waals surface area contributed by atoms with Crippen LogP contribution in [0, 0.1) is 5.92 Å². The maximum Gasteiger partial charge on any atom is 0.264 e. The van der Waals surface area contributed by atoms with Crippen molar-refractivity contribution in [3.05, 3.63) is 53.6 Å². The molecule has 0 saturated carbocycles. The van der Waals surface area contributed by atoms with E-state index in [0.29, 0.717) is 22.7 Å². The zero-order valence-corrected chi connectivity index (χ0v) is 22.8. The predicted octanol–water partition coefficient (Wildman–Crippen LogP) is 3.72. The molecule has 2 heterocycles. The SMILES string of the molecule is COc1ccc2c(c1)[C@]1(O[C@@H](CCO)[C@H]([Si](C)(C)F)[C@H]1C)C(=O)N2Cc1ccc(NC(=O)[C@H](C)O)cc1. The van der Waals surface area contributed by atoms with E-state index in [1.165, 1.54) is 6.92 Å². The van der Waals surface area contributed by atoms with E-state index in [0.717, 1.165) is 5.56 Å². The summed E-state index contributed by atoms with van der Waals surface area (Å²) in [6, 6.07) is 12.4. The maximum atomic E-state index is 15.6. The lowest BCUT2D eigenvalue weighted by atomic mass is 9.82. The smallest absolute Gasteiger partial charge is 0.264 e. The Hall–Kier alpha value is -2.79. The fourth-order valence-electron chi connectivity index (χ4n) is 5.83. The number of benzene rings is 2. The van der Waals surface area contributed by atoms with Crippen LogP contribution in [-0.2, 0) is 26.5 Å². The summed E-state index contributed by atoms with van der Waals surface area (Å²) in [5.74, 6) is -0.651. The van der Waals surface area contributed by atoms with Crippen LogP contribution in [0.2, 0.25) is 18.6 Å². The van der Waals surface area contributed by atoms with Crippen molar-refractivity contribution >= 4 is 31.6 Å². The standard InChI is InChI=1S/C27H35FN2O6Si/c1-16-24(37(4,5)28)23(12-13-31)36-27(16)21-14-20(35-3)10-11-22(21)30(26(27)34)15-18-6-8-19(9-7-18)29-25(33)17(2)32/h6-11,14,16-17,23-24,31-32H,12-13,15H2,1-5H3,(H,29,33)/t16-,17+,23+,24-,27+/m1/s1. The second-order valence-electron chi connectivity index (χ2n) is 10.4. The summed E-state index contributed by atoms with van der Waals surface area (Å²) in [6.45, 7) is 6.60.